The number of aromatic nitrogens is 1. The summed E-state index contributed by atoms with van der Waals surface area (Å²) in [5.41, 5.74) is 0.871. The Balaban J connectivity index is 0.00000131. The first-order valence-electron chi connectivity index (χ1n) is 8.67. The lowest BCUT2D eigenvalue weighted by Crippen LogP contribution is -2.49. The molecule has 2 aliphatic rings. The minimum atomic E-state index is -0.309. The number of rotatable bonds is 3. The highest BCUT2D eigenvalue weighted by Crippen LogP contribution is 2.27. The molecular formula is C18H23Cl2FN4OS. The van der Waals surface area contributed by atoms with Crippen molar-refractivity contribution in [3.63, 3.8) is 0 Å². The molecule has 1 aromatic heterocycles. The van der Waals surface area contributed by atoms with E-state index in [9.17, 15) is 9.18 Å². The van der Waals surface area contributed by atoms with Gasteiger partial charge in [-0.2, -0.15) is 0 Å². The zero-order chi connectivity index (χ0) is 17.2. The van der Waals surface area contributed by atoms with Gasteiger partial charge in [0, 0.05) is 56.3 Å². The molecule has 0 radical (unpaired) electrons. The first-order chi connectivity index (χ1) is 12.2. The zero-order valence-electron chi connectivity index (χ0n) is 14.8. The van der Waals surface area contributed by atoms with Gasteiger partial charge in [-0.1, -0.05) is 12.1 Å². The summed E-state index contributed by atoms with van der Waals surface area (Å²) in [5.74, 6) is -0.354. The second-order valence-electron chi connectivity index (χ2n) is 6.50. The molecule has 0 saturated carbocycles. The molecule has 1 unspecified atom stereocenters. The van der Waals surface area contributed by atoms with Crippen molar-refractivity contribution in [1.29, 1.82) is 0 Å². The van der Waals surface area contributed by atoms with Crippen molar-refractivity contribution >= 4 is 42.1 Å². The van der Waals surface area contributed by atoms with Crippen molar-refractivity contribution in [2.24, 2.45) is 0 Å². The molecule has 5 nitrogen and oxygen atoms in total. The van der Waals surface area contributed by atoms with Crippen LogP contribution < -0.4 is 5.32 Å². The van der Waals surface area contributed by atoms with Crippen LogP contribution in [-0.4, -0.2) is 66.0 Å². The number of carbonyl (C=O) groups excluding carboxylic acids is 1. The second kappa shape index (κ2) is 9.80. The van der Waals surface area contributed by atoms with Crippen LogP contribution in [0.3, 0.4) is 0 Å². The molecule has 0 spiro atoms. The van der Waals surface area contributed by atoms with Crippen LogP contribution in [0.5, 0.6) is 0 Å². The Morgan fingerprint density at radius 2 is 1.93 bits per heavy atom. The minimum absolute atomic E-state index is 0. The molecule has 4 rings (SSSR count). The average molecular weight is 433 g/mol. The fourth-order valence-corrected chi connectivity index (χ4v) is 4.38. The SMILES string of the molecule is Cl.Cl.O=C(c1csc(-c2ccccc2F)n1)N1CCC(N2CCNCC2)C1. The Labute approximate surface area is 174 Å². The summed E-state index contributed by atoms with van der Waals surface area (Å²) in [6.07, 6.45) is 1.01. The summed E-state index contributed by atoms with van der Waals surface area (Å²) >= 11 is 1.32. The highest BCUT2D eigenvalue weighted by atomic mass is 35.5. The molecule has 2 aliphatic heterocycles. The molecule has 1 amide bonds. The number of halogens is 3. The van der Waals surface area contributed by atoms with E-state index in [-0.39, 0.29) is 36.5 Å². The molecule has 148 valence electrons. The average Bonchev–Trinajstić information content (AvgIpc) is 3.32. The van der Waals surface area contributed by atoms with Crippen molar-refractivity contribution < 1.29 is 9.18 Å². The summed E-state index contributed by atoms with van der Waals surface area (Å²) < 4.78 is 13.9. The van der Waals surface area contributed by atoms with Crippen LogP contribution in [0, 0.1) is 5.82 Å². The van der Waals surface area contributed by atoms with E-state index in [0.29, 0.717) is 22.3 Å². The number of piperazine rings is 1. The van der Waals surface area contributed by atoms with Gasteiger partial charge in [0.15, 0.2) is 0 Å². The van der Waals surface area contributed by atoms with E-state index in [1.807, 2.05) is 4.90 Å². The maximum Gasteiger partial charge on any atom is 0.273 e. The molecule has 0 aliphatic carbocycles. The molecule has 0 bridgehead atoms. The van der Waals surface area contributed by atoms with Crippen molar-refractivity contribution in [3.05, 3.63) is 41.2 Å². The molecule has 2 saturated heterocycles. The Morgan fingerprint density at radius 1 is 1.19 bits per heavy atom. The largest absolute Gasteiger partial charge is 0.336 e. The lowest BCUT2D eigenvalue weighted by Gasteiger charge is -2.32. The van der Waals surface area contributed by atoms with Crippen molar-refractivity contribution in [2.45, 2.75) is 12.5 Å². The number of thiazole rings is 1. The Hall–Kier alpha value is -1.25. The summed E-state index contributed by atoms with van der Waals surface area (Å²) in [7, 11) is 0. The summed E-state index contributed by atoms with van der Waals surface area (Å²) in [6, 6.07) is 6.98. The number of amides is 1. The van der Waals surface area contributed by atoms with Crippen LogP contribution >= 0.6 is 36.2 Å². The van der Waals surface area contributed by atoms with Gasteiger partial charge in [0.1, 0.15) is 16.5 Å². The topological polar surface area (TPSA) is 48.5 Å². The molecule has 1 N–H and O–H groups in total. The number of nitrogens with one attached hydrogen (secondary N) is 1. The van der Waals surface area contributed by atoms with Gasteiger partial charge in [-0.15, -0.1) is 36.2 Å². The van der Waals surface area contributed by atoms with Crippen molar-refractivity contribution in [2.75, 3.05) is 39.3 Å². The van der Waals surface area contributed by atoms with Crippen molar-refractivity contribution in [3.8, 4) is 10.6 Å². The maximum absolute atomic E-state index is 13.9. The first kappa shape index (κ1) is 22.0. The van der Waals surface area contributed by atoms with E-state index in [1.54, 1.807) is 23.6 Å². The van der Waals surface area contributed by atoms with E-state index >= 15 is 0 Å². The molecular weight excluding hydrogens is 410 g/mol. The standard InChI is InChI=1S/C18H21FN4OS.2ClH/c19-15-4-2-1-3-14(15)17-21-16(12-25-17)18(24)23-8-5-13(11-23)22-9-6-20-7-10-22;;/h1-4,12-13,20H,5-11H2;2*1H. The summed E-state index contributed by atoms with van der Waals surface area (Å²) in [5, 5.41) is 5.65. The highest BCUT2D eigenvalue weighted by Gasteiger charge is 2.32. The third kappa shape index (κ3) is 4.78. The number of hydrogen-bond acceptors (Lipinski definition) is 5. The fraction of sp³-hybridized carbons (Fsp3) is 0.444. The van der Waals surface area contributed by atoms with E-state index in [1.165, 1.54) is 17.4 Å². The minimum Gasteiger partial charge on any atom is -0.336 e. The second-order valence-corrected chi connectivity index (χ2v) is 7.36. The van der Waals surface area contributed by atoms with E-state index in [4.69, 9.17) is 0 Å². The molecule has 1 atom stereocenters. The number of likely N-dealkylation sites (tertiary alicyclic amines) is 1. The van der Waals surface area contributed by atoms with Crippen LogP contribution in [-0.2, 0) is 0 Å². The zero-order valence-corrected chi connectivity index (χ0v) is 17.2. The normalized spacial score (nSPS) is 20.0. The lowest BCUT2D eigenvalue weighted by molar-refractivity contribution is 0.0768. The Morgan fingerprint density at radius 3 is 2.67 bits per heavy atom. The van der Waals surface area contributed by atoms with Gasteiger partial charge in [-0.3, -0.25) is 9.69 Å². The van der Waals surface area contributed by atoms with Crippen LogP contribution in [0.15, 0.2) is 29.6 Å². The maximum atomic E-state index is 13.9. The van der Waals surface area contributed by atoms with E-state index < -0.39 is 0 Å². The molecule has 9 heteroatoms. The molecule has 3 heterocycles. The van der Waals surface area contributed by atoms with E-state index in [2.05, 4.69) is 15.2 Å². The molecule has 1 aromatic carbocycles. The van der Waals surface area contributed by atoms with Gasteiger partial charge in [0.05, 0.1) is 0 Å². The predicted molar refractivity (Wildman–Crippen MR) is 111 cm³/mol. The van der Waals surface area contributed by atoms with Crippen LogP contribution in [0.4, 0.5) is 4.39 Å². The van der Waals surface area contributed by atoms with Gasteiger partial charge in [-0.05, 0) is 18.6 Å². The van der Waals surface area contributed by atoms with Gasteiger partial charge in [0.2, 0.25) is 0 Å². The number of hydrogen-bond donors (Lipinski definition) is 1. The van der Waals surface area contributed by atoms with Crippen molar-refractivity contribution in [1.82, 2.24) is 20.1 Å². The molecule has 27 heavy (non-hydrogen) atoms. The van der Waals surface area contributed by atoms with Crippen LogP contribution in [0.2, 0.25) is 0 Å². The fourth-order valence-electron chi connectivity index (χ4n) is 3.56. The van der Waals surface area contributed by atoms with E-state index in [0.717, 1.165) is 45.7 Å². The third-order valence-electron chi connectivity index (χ3n) is 4.95. The first-order valence-corrected chi connectivity index (χ1v) is 9.55. The summed E-state index contributed by atoms with van der Waals surface area (Å²) in [4.78, 5) is 21.5. The Kier molecular flexibility index (Phi) is 8.00. The quantitative estimate of drug-likeness (QED) is 0.809. The third-order valence-corrected chi connectivity index (χ3v) is 5.82. The summed E-state index contributed by atoms with van der Waals surface area (Å²) in [6.45, 7) is 5.64. The monoisotopic (exact) mass is 432 g/mol. The highest BCUT2D eigenvalue weighted by molar-refractivity contribution is 7.13. The predicted octanol–water partition coefficient (Wildman–Crippen LogP) is 2.91. The lowest BCUT2D eigenvalue weighted by atomic mass is 10.2. The van der Waals surface area contributed by atoms with Crippen LogP contribution in [0.25, 0.3) is 10.6 Å². The van der Waals surface area contributed by atoms with Gasteiger partial charge < -0.3 is 10.2 Å². The number of benzene rings is 1. The smallest absolute Gasteiger partial charge is 0.273 e. The number of carbonyl (C=O) groups is 1. The van der Waals surface area contributed by atoms with Crippen LogP contribution in [0.1, 0.15) is 16.9 Å². The van der Waals surface area contributed by atoms with Gasteiger partial charge in [-0.25, -0.2) is 9.37 Å². The van der Waals surface area contributed by atoms with Gasteiger partial charge >= 0.3 is 0 Å². The van der Waals surface area contributed by atoms with Gasteiger partial charge in [0.25, 0.3) is 5.91 Å². The Bertz CT molecular complexity index is 769. The molecule has 2 aromatic rings. The molecule has 2 fully saturated rings. The number of nitrogens with zero attached hydrogens (tertiary/aromatic N) is 3.